The van der Waals surface area contributed by atoms with E-state index in [0.717, 1.165) is 17.8 Å². The number of aryl methyl sites for hydroxylation is 2. The van der Waals surface area contributed by atoms with Crippen LogP contribution in [0.4, 0.5) is 0 Å². The van der Waals surface area contributed by atoms with Crippen molar-refractivity contribution in [1.82, 2.24) is 24.7 Å². The number of carbonyl (C=O) groups excluding carboxylic acids is 1. The van der Waals surface area contributed by atoms with Crippen LogP contribution in [-0.2, 0) is 6.42 Å². The van der Waals surface area contributed by atoms with E-state index >= 15 is 0 Å². The van der Waals surface area contributed by atoms with Crippen molar-refractivity contribution in [3.05, 3.63) is 23.1 Å². The number of carbonyl (C=O) groups is 1. The predicted molar refractivity (Wildman–Crippen MR) is 72.1 cm³/mol. The molecule has 6 heteroatoms. The van der Waals surface area contributed by atoms with Crippen LogP contribution in [0.2, 0.25) is 0 Å². The van der Waals surface area contributed by atoms with E-state index in [1.807, 2.05) is 27.7 Å². The molecule has 0 aliphatic carbocycles. The number of hydrogen-bond donors (Lipinski definition) is 0. The Morgan fingerprint density at radius 2 is 1.95 bits per heavy atom. The molecule has 0 bridgehead atoms. The second-order valence-electron chi connectivity index (χ2n) is 4.40. The van der Waals surface area contributed by atoms with Crippen LogP contribution in [0.25, 0.3) is 5.65 Å². The summed E-state index contributed by atoms with van der Waals surface area (Å²) in [5, 5.41) is 12.6. The summed E-state index contributed by atoms with van der Waals surface area (Å²) in [6, 6.07) is 1.78. The lowest BCUT2D eigenvalue weighted by atomic mass is 10.2. The van der Waals surface area contributed by atoms with Crippen LogP contribution >= 0.6 is 0 Å². The van der Waals surface area contributed by atoms with Gasteiger partial charge in [0.1, 0.15) is 5.69 Å². The highest BCUT2D eigenvalue weighted by atomic mass is 16.2. The summed E-state index contributed by atoms with van der Waals surface area (Å²) in [6.07, 6.45) is 0.733. The Morgan fingerprint density at radius 3 is 2.53 bits per heavy atom. The van der Waals surface area contributed by atoms with E-state index in [4.69, 9.17) is 0 Å². The third-order valence-corrected chi connectivity index (χ3v) is 3.20. The molecule has 0 N–H and O–H groups in total. The van der Waals surface area contributed by atoms with Crippen LogP contribution in [0.5, 0.6) is 0 Å². The molecule has 2 aromatic heterocycles. The lowest BCUT2D eigenvalue weighted by Gasteiger charge is -2.18. The number of hydrogen-bond acceptors (Lipinski definition) is 4. The van der Waals surface area contributed by atoms with Gasteiger partial charge in [-0.1, -0.05) is 6.92 Å². The summed E-state index contributed by atoms with van der Waals surface area (Å²) in [4.78, 5) is 14.1. The smallest absolute Gasteiger partial charge is 0.274 e. The van der Waals surface area contributed by atoms with E-state index in [1.165, 1.54) is 0 Å². The van der Waals surface area contributed by atoms with Gasteiger partial charge in [0.15, 0.2) is 11.5 Å². The van der Waals surface area contributed by atoms with Gasteiger partial charge in [-0.15, -0.1) is 10.2 Å². The summed E-state index contributed by atoms with van der Waals surface area (Å²) in [5.41, 5.74) is 2.08. The maximum Gasteiger partial charge on any atom is 0.274 e. The minimum absolute atomic E-state index is 0.0502. The first-order valence-corrected chi connectivity index (χ1v) is 6.63. The predicted octanol–water partition coefficient (Wildman–Crippen LogP) is 1.48. The Balaban J connectivity index is 2.53. The molecule has 0 atom stereocenters. The van der Waals surface area contributed by atoms with Crippen LogP contribution in [0.1, 0.15) is 42.6 Å². The average molecular weight is 261 g/mol. The quantitative estimate of drug-likeness (QED) is 0.836. The molecule has 0 unspecified atom stereocenters. The first-order chi connectivity index (χ1) is 9.12. The minimum Gasteiger partial charge on any atom is -0.338 e. The molecule has 6 nitrogen and oxygen atoms in total. The highest BCUT2D eigenvalue weighted by Gasteiger charge is 2.17. The van der Waals surface area contributed by atoms with Gasteiger partial charge in [0.05, 0.1) is 0 Å². The van der Waals surface area contributed by atoms with Crippen LogP contribution < -0.4 is 0 Å². The third kappa shape index (κ3) is 2.30. The summed E-state index contributed by atoms with van der Waals surface area (Å²) >= 11 is 0. The normalized spacial score (nSPS) is 10.9. The first kappa shape index (κ1) is 13.5. The summed E-state index contributed by atoms with van der Waals surface area (Å²) in [5.74, 6) is 0.720. The molecule has 0 aliphatic heterocycles. The average Bonchev–Trinajstić information content (AvgIpc) is 2.83. The zero-order valence-corrected chi connectivity index (χ0v) is 11.8. The number of nitrogens with zero attached hydrogens (tertiary/aromatic N) is 5. The molecule has 0 aliphatic rings. The Bertz CT molecular complexity index is 600. The van der Waals surface area contributed by atoms with E-state index in [9.17, 15) is 4.79 Å². The van der Waals surface area contributed by atoms with Crippen molar-refractivity contribution in [3.8, 4) is 0 Å². The Hall–Kier alpha value is -1.98. The molecule has 0 fully saturated rings. The van der Waals surface area contributed by atoms with Crippen molar-refractivity contribution in [2.75, 3.05) is 13.1 Å². The number of rotatable bonds is 4. The molecule has 19 heavy (non-hydrogen) atoms. The molecule has 0 spiro atoms. The SMILES string of the molecule is CCc1nnc2c(C)cc(C(=O)N(CC)CC)nn12. The van der Waals surface area contributed by atoms with Crippen LogP contribution in [0.15, 0.2) is 6.07 Å². The molecular weight excluding hydrogens is 242 g/mol. The molecular formula is C13H19N5O. The van der Waals surface area contributed by atoms with Crippen molar-refractivity contribution < 1.29 is 4.79 Å². The van der Waals surface area contributed by atoms with Crippen LogP contribution in [-0.4, -0.2) is 43.7 Å². The lowest BCUT2D eigenvalue weighted by molar-refractivity contribution is 0.0765. The molecule has 0 aromatic carbocycles. The van der Waals surface area contributed by atoms with E-state index in [-0.39, 0.29) is 5.91 Å². The van der Waals surface area contributed by atoms with Crippen LogP contribution in [0.3, 0.4) is 0 Å². The summed E-state index contributed by atoms with van der Waals surface area (Å²) in [7, 11) is 0. The van der Waals surface area contributed by atoms with Gasteiger partial charge in [-0.25, -0.2) is 0 Å². The maximum absolute atomic E-state index is 12.3. The van der Waals surface area contributed by atoms with Crippen molar-refractivity contribution in [1.29, 1.82) is 0 Å². The highest BCUT2D eigenvalue weighted by molar-refractivity contribution is 5.92. The van der Waals surface area contributed by atoms with Crippen molar-refractivity contribution >= 4 is 11.6 Å². The van der Waals surface area contributed by atoms with E-state index < -0.39 is 0 Å². The van der Waals surface area contributed by atoms with Crippen molar-refractivity contribution in [2.45, 2.75) is 34.1 Å². The first-order valence-electron chi connectivity index (χ1n) is 6.63. The van der Waals surface area contributed by atoms with E-state index in [1.54, 1.807) is 15.5 Å². The fourth-order valence-corrected chi connectivity index (χ4v) is 2.07. The second-order valence-corrected chi connectivity index (χ2v) is 4.40. The van der Waals surface area contributed by atoms with E-state index in [2.05, 4.69) is 15.3 Å². The highest BCUT2D eigenvalue weighted by Crippen LogP contribution is 2.11. The third-order valence-electron chi connectivity index (χ3n) is 3.20. The minimum atomic E-state index is -0.0502. The van der Waals surface area contributed by atoms with Gasteiger partial charge in [0.25, 0.3) is 5.91 Å². The Morgan fingerprint density at radius 1 is 1.26 bits per heavy atom. The molecule has 2 aromatic rings. The molecule has 0 saturated heterocycles. The molecule has 2 heterocycles. The van der Waals surface area contributed by atoms with Gasteiger partial charge < -0.3 is 4.90 Å². The van der Waals surface area contributed by atoms with Gasteiger partial charge >= 0.3 is 0 Å². The molecule has 102 valence electrons. The van der Waals surface area contributed by atoms with Gasteiger partial charge in [0, 0.05) is 19.5 Å². The largest absolute Gasteiger partial charge is 0.338 e. The summed E-state index contributed by atoms with van der Waals surface area (Å²) in [6.45, 7) is 9.19. The van der Waals surface area contributed by atoms with Gasteiger partial charge in [-0.05, 0) is 32.4 Å². The monoisotopic (exact) mass is 261 g/mol. The number of amides is 1. The topological polar surface area (TPSA) is 63.4 Å². The molecule has 0 saturated carbocycles. The molecule has 0 radical (unpaired) electrons. The van der Waals surface area contributed by atoms with Crippen molar-refractivity contribution in [3.63, 3.8) is 0 Å². The standard InChI is InChI=1S/C13H19N5O/c1-5-11-14-15-12-9(4)8-10(16-18(11)12)13(19)17(6-2)7-3/h8H,5-7H2,1-4H3. The van der Waals surface area contributed by atoms with Gasteiger partial charge in [-0.2, -0.15) is 9.61 Å². The molecule has 1 amide bonds. The van der Waals surface area contributed by atoms with Crippen LogP contribution in [0, 0.1) is 6.92 Å². The number of aromatic nitrogens is 4. The van der Waals surface area contributed by atoms with Gasteiger partial charge in [-0.3, -0.25) is 4.79 Å². The van der Waals surface area contributed by atoms with Gasteiger partial charge in [0.2, 0.25) is 0 Å². The van der Waals surface area contributed by atoms with E-state index in [0.29, 0.717) is 24.4 Å². The summed E-state index contributed by atoms with van der Waals surface area (Å²) < 4.78 is 1.67. The zero-order chi connectivity index (χ0) is 14.0. The fourth-order valence-electron chi connectivity index (χ4n) is 2.07. The zero-order valence-electron chi connectivity index (χ0n) is 11.8. The maximum atomic E-state index is 12.3. The Labute approximate surface area is 112 Å². The second kappa shape index (κ2) is 5.34. The fraction of sp³-hybridized carbons (Fsp3) is 0.538. The number of fused-ring (bicyclic) bond motifs is 1. The lowest BCUT2D eigenvalue weighted by Crippen LogP contribution is -2.31. The molecule has 2 rings (SSSR count). The Kier molecular flexibility index (Phi) is 3.78. The van der Waals surface area contributed by atoms with Crippen molar-refractivity contribution in [2.24, 2.45) is 0 Å².